The van der Waals surface area contributed by atoms with Crippen LogP contribution >= 0.6 is 0 Å². The Labute approximate surface area is 147 Å². The van der Waals surface area contributed by atoms with E-state index in [0.717, 1.165) is 27.6 Å². The van der Waals surface area contributed by atoms with Gasteiger partial charge in [0.15, 0.2) is 0 Å². The zero-order valence-corrected chi connectivity index (χ0v) is 15.1. The van der Waals surface area contributed by atoms with Gasteiger partial charge in [-0.25, -0.2) is 0 Å². The second-order valence-corrected chi connectivity index (χ2v) is 6.60. The van der Waals surface area contributed by atoms with Crippen molar-refractivity contribution in [2.45, 2.75) is 26.8 Å². The molecule has 0 saturated carbocycles. The first-order chi connectivity index (χ1) is 12.0. The van der Waals surface area contributed by atoms with Gasteiger partial charge in [-0.15, -0.1) is 0 Å². The molecule has 2 N–H and O–H groups in total. The van der Waals surface area contributed by atoms with Crippen LogP contribution in [0.5, 0.6) is 5.75 Å². The number of carbonyl (C=O) groups is 1. The molecule has 132 valence electrons. The predicted molar refractivity (Wildman–Crippen MR) is 101 cm³/mol. The van der Waals surface area contributed by atoms with Crippen molar-refractivity contribution in [2.75, 3.05) is 19.0 Å². The number of furan rings is 1. The maximum absolute atomic E-state index is 12.1. The number of benzene rings is 2. The fourth-order valence-corrected chi connectivity index (χ4v) is 2.71. The minimum atomic E-state index is -0.0482. The Morgan fingerprint density at radius 2 is 1.88 bits per heavy atom. The number of amides is 1. The third-order valence-electron chi connectivity index (χ3n) is 4.53. The van der Waals surface area contributed by atoms with E-state index < -0.39 is 0 Å². The maximum Gasteiger partial charge on any atom is 0.239 e. The number of hydrogen-bond donors (Lipinski definition) is 2. The van der Waals surface area contributed by atoms with Crippen LogP contribution in [0.2, 0.25) is 0 Å². The van der Waals surface area contributed by atoms with Crippen LogP contribution in [0.15, 0.2) is 40.8 Å². The third kappa shape index (κ3) is 3.55. The molecule has 5 heteroatoms. The van der Waals surface area contributed by atoms with E-state index in [1.807, 2.05) is 43.3 Å². The van der Waals surface area contributed by atoms with Crippen LogP contribution < -0.4 is 15.4 Å². The number of nitrogens with one attached hydrogen (secondary N) is 2. The SMILES string of the molecule is COc1cc2c(cc1NCC(=O)NC(C)C(C)C)oc1ccccc12. The van der Waals surface area contributed by atoms with E-state index >= 15 is 0 Å². The molecule has 1 amide bonds. The molecule has 0 bridgehead atoms. The molecule has 3 aromatic rings. The molecule has 0 aliphatic heterocycles. The summed E-state index contributed by atoms with van der Waals surface area (Å²) < 4.78 is 11.4. The highest BCUT2D eigenvalue weighted by Crippen LogP contribution is 2.36. The number of para-hydroxylation sites is 1. The Morgan fingerprint density at radius 1 is 1.12 bits per heavy atom. The summed E-state index contributed by atoms with van der Waals surface area (Å²) in [6.45, 7) is 6.34. The molecule has 0 aliphatic rings. The average molecular weight is 340 g/mol. The fraction of sp³-hybridized carbons (Fsp3) is 0.350. The van der Waals surface area contributed by atoms with E-state index in [1.54, 1.807) is 7.11 Å². The molecule has 1 aromatic heterocycles. The number of hydrogen-bond acceptors (Lipinski definition) is 4. The molecular weight excluding hydrogens is 316 g/mol. The highest BCUT2D eigenvalue weighted by atomic mass is 16.5. The van der Waals surface area contributed by atoms with Gasteiger partial charge in [0, 0.05) is 22.9 Å². The van der Waals surface area contributed by atoms with Crippen LogP contribution in [0.3, 0.4) is 0 Å². The van der Waals surface area contributed by atoms with Gasteiger partial charge in [0.2, 0.25) is 5.91 Å². The largest absolute Gasteiger partial charge is 0.495 e. The van der Waals surface area contributed by atoms with Crippen molar-refractivity contribution in [2.24, 2.45) is 5.92 Å². The number of carbonyl (C=O) groups excluding carboxylic acids is 1. The molecule has 2 aromatic carbocycles. The number of methoxy groups -OCH3 is 1. The van der Waals surface area contributed by atoms with E-state index in [0.29, 0.717) is 11.7 Å². The summed E-state index contributed by atoms with van der Waals surface area (Å²) in [7, 11) is 1.62. The van der Waals surface area contributed by atoms with Crippen LogP contribution in [-0.2, 0) is 4.79 Å². The first-order valence-electron chi connectivity index (χ1n) is 8.52. The van der Waals surface area contributed by atoms with Gasteiger partial charge in [0.05, 0.1) is 19.3 Å². The van der Waals surface area contributed by atoms with Crippen molar-refractivity contribution in [1.82, 2.24) is 5.32 Å². The second-order valence-electron chi connectivity index (χ2n) is 6.60. The summed E-state index contributed by atoms with van der Waals surface area (Å²) in [6, 6.07) is 11.8. The lowest BCUT2D eigenvalue weighted by Crippen LogP contribution is -2.39. The Bertz CT molecular complexity index is 898. The van der Waals surface area contributed by atoms with E-state index in [-0.39, 0.29) is 18.5 Å². The zero-order valence-electron chi connectivity index (χ0n) is 15.1. The Kier molecular flexibility index (Phi) is 4.83. The van der Waals surface area contributed by atoms with Crippen molar-refractivity contribution in [1.29, 1.82) is 0 Å². The molecule has 0 fully saturated rings. The van der Waals surface area contributed by atoms with Crippen LogP contribution in [0.4, 0.5) is 5.69 Å². The molecule has 5 nitrogen and oxygen atoms in total. The summed E-state index contributed by atoms with van der Waals surface area (Å²) >= 11 is 0. The summed E-state index contributed by atoms with van der Waals surface area (Å²) in [6.07, 6.45) is 0. The van der Waals surface area contributed by atoms with Gasteiger partial charge < -0.3 is 19.8 Å². The minimum Gasteiger partial charge on any atom is -0.495 e. The monoisotopic (exact) mass is 340 g/mol. The smallest absolute Gasteiger partial charge is 0.239 e. The molecule has 3 rings (SSSR count). The summed E-state index contributed by atoms with van der Waals surface area (Å²) in [5.41, 5.74) is 2.34. The molecule has 1 atom stereocenters. The average Bonchev–Trinajstić information content (AvgIpc) is 2.96. The molecule has 0 saturated heterocycles. The van der Waals surface area contributed by atoms with Gasteiger partial charge in [-0.1, -0.05) is 32.0 Å². The summed E-state index contributed by atoms with van der Waals surface area (Å²) in [4.78, 5) is 12.1. The lowest BCUT2D eigenvalue weighted by atomic mass is 10.1. The van der Waals surface area contributed by atoms with Crippen LogP contribution in [0.25, 0.3) is 21.9 Å². The Balaban J connectivity index is 1.83. The minimum absolute atomic E-state index is 0.0482. The number of anilines is 1. The molecule has 0 aliphatic carbocycles. The molecule has 0 spiro atoms. The van der Waals surface area contributed by atoms with Crippen LogP contribution in [0.1, 0.15) is 20.8 Å². The molecule has 25 heavy (non-hydrogen) atoms. The van der Waals surface area contributed by atoms with Crippen molar-refractivity contribution in [3.8, 4) is 5.75 Å². The van der Waals surface area contributed by atoms with Gasteiger partial charge in [0.1, 0.15) is 16.9 Å². The summed E-state index contributed by atoms with van der Waals surface area (Å²) in [5, 5.41) is 8.17. The van der Waals surface area contributed by atoms with Gasteiger partial charge in [0.25, 0.3) is 0 Å². The number of rotatable bonds is 6. The van der Waals surface area contributed by atoms with E-state index in [9.17, 15) is 4.79 Å². The topological polar surface area (TPSA) is 63.5 Å². The third-order valence-corrected chi connectivity index (χ3v) is 4.53. The van der Waals surface area contributed by atoms with Gasteiger partial charge in [-0.3, -0.25) is 4.79 Å². The van der Waals surface area contributed by atoms with E-state index in [2.05, 4.69) is 24.5 Å². The van der Waals surface area contributed by atoms with E-state index in [1.165, 1.54) is 0 Å². The van der Waals surface area contributed by atoms with Gasteiger partial charge in [-0.2, -0.15) is 0 Å². The number of ether oxygens (including phenoxy) is 1. The Morgan fingerprint density at radius 3 is 2.60 bits per heavy atom. The van der Waals surface area contributed by atoms with Crippen molar-refractivity contribution in [3.63, 3.8) is 0 Å². The zero-order chi connectivity index (χ0) is 18.0. The molecule has 1 heterocycles. The van der Waals surface area contributed by atoms with Crippen LogP contribution in [0, 0.1) is 5.92 Å². The standard InChI is InChI=1S/C20H24N2O3/c1-12(2)13(3)22-20(23)11-21-16-10-18-15(9-19(16)24-4)14-7-5-6-8-17(14)25-18/h5-10,12-13,21H,11H2,1-4H3,(H,22,23). The molecule has 1 unspecified atom stereocenters. The molecule has 0 radical (unpaired) electrons. The quantitative estimate of drug-likeness (QED) is 0.707. The predicted octanol–water partition coefficient (Wildman–Crippen LogP) is 4.17. The molecular formula is C20H24N2O3. The lowest BCUT2D eigenvalue weighted by molar-refractivity contribution is -0.120. The van der Waals surface area contributed by atoms with Gasteiger partial charge >= 0.3 is 0 Å². The Hall–Kier alpha value is -2.69. The second kappa shape index (κ2) is 7.05. The highest BCUT2D eigenvalue weighted by Gasteiger charge is 2.14. The fourth-order valence-electron chi connectivity index (χ4n) is 2.71. The van der Waals surface area contributed by atoms with E-state index in [4.69, 9.17) is 9.15 Å². The first-order valence-corrected chi connectivity index (χ1v) is 8.52. The van der Waals surface area contributed by atoms with Gasteiger partial charge in [-0.05, 0) is 25.0 Å². The number of fused-ring (bicyclic) bond motifs is 3. The summed E-state index contributed by atoms with van der Waals surface area (Å²) in [5.74, 6) is 1.03. The maximum atomic E-state index is 12.1. The van der Waals surface area contributed by atoms with Crippen molar-refractivity contribution < 1.29 is 13.9 Å². The first kappa shape index (κ1) is 17.1. The normalized spacial score (nSPS) is 12.5. The van der Waals surface area contributed by atoms with Crippen molar-refractivity contribution in [3.05, 3.63) is 36.4 Å². The van der Waals surface area contributed by atoms with Crippen LogP contribution in [-0.4, -0.2) is 25.6 Å². The lowest BCUT2D eigenvalue weighted by Gasteiger charge is -2.18. The highest BCUT2D eigenvalue weighted by molar-refractivity contribution is 6.06. The van der Waals surface area contributed by atoms with Crippen molar-refractivity contribution >= 4 is 33.5 Å².